The predicted molar refractivity (Wildman–Crippen MR) is 84.7 cm³/mol. The number of nitriles is 1. The zero-order valence-electron chi connectivity index (χ0n) is 13.2. The SMILES string of the molecule is CCOc1ncccc1C(=O)N1CC(Oc2cc(C#N)ccn2)C1. The second-order valence-electron chi connectivity index (χ2n) is 5.23. The number of hydrogen-bond acceptors (Lipinski definition) is 6. The highest BCUT2D eigenvalue weighted by Gasteiger charge is 2.34. The Morgan fingerprint density at radius 1 is 1.38 bits per heavy atom. The monoisotopic (exact) mass is 324 g/mol. The molecule has 1 saturated heterocycles. The van der Waals surface area contributed by atoms with Crippen LogP contribution in [0, 0.1) is 11.3 Å². The van der Waals surface area contributed by atoms with Gasteiger partial charge in [-0.2, -0.15) is 5.26 Å². The van der Waals surface area contributed by atoms with Crippen molar-refractivity contribution in [2.75, 3.05) is 19.7 Å². The lowest BCUT2D eigenvalue weighted by Gasteiger charge is -2.38. The lowest BCUT2D eigenvalue weighted by atomic mass is 10.1. The average Bonchev–Trinajstić information content (AvgIpc) is 2.58. The molecule has 122 valence electrons. The molecule has 2 aromatic rings. The summed E-state index contributed by atoms with van der Waals surface area (Å²) in [6.45, 7) is 3.21. The van der Waals surface area contributed by atoms with Crippen molar-refractivity contribution >= 4 is 5.91 Å². The van der Waals surface area contributed by atoms with Crippen molar-refractivity contribution in [3.05, 3.63) is 47.8 Å². The van der Waals surface area contributed by atoms with Crippen LogP contribution in [-0.2, 0) is 0 Å². The van der Waals surface area contributed by atoms with Gasteiger partial charge in [-0.1, -0.05) is 0 Å². The summed E-state index contributed by atoms with van der Waals surface area (Å²) >= 11 is 0. The van der Waals surface area contributed by atoms with Gasteiger partial charge in [-0.25, -0.2) is 9.97 Å². The Labute approximate surface area is 139 Å². The third-order valence-electron chi connectivity index (χ3n) is 3.57. The van der Waals surface area contributed by atoms with E-state index in [1.54, 1.807) is 35.4 Å². The van der Waals surface area contributed by atoms with E-state index in [0.717, 1.165) is 0 Å². The minimum atomic E-state index is -0.136. The van der Waals surface area contributed by atoms with E-state index in [2.05, 4.69) is 9.97 Å². The Balaban J connectivity index is 1.60. The molecule has 1 aliphatic rings. The Kier molecular flexibility index (Phi) is 4.57. The fraction of sp³-hybridized carbons (Fsp3) is 0.294. The minimum absolute atomic E-state index is 0.134. The number of carbonyl (C=O) groups excluding carboxylic acids is 1. The molecule has 0 spiro atoms. The fourth-order valence-electron chi connectivity index (χ4n) is 2.37. The molecule has 2 aromatic heterocycles. The zero-order chi connectivity index (χ0) is 16.9. The van der Waals surface area contributed by atoms with E-state index in [4.69, 9.17) is 14.7 Å². The summed E-state index contributed by atoms with van der Waals surface area (Å²) in [4.78, 5) is 22.3. The van der Waals surface area contributed by atoms with E-state index in [9.17, 15) is 4.79 Å². The molecule has 0 aromatic carbocycles. The quantitative estimate of drug-likeness (QED) is 0.831. The summed E-state index contributed by atoms with van der Waals surface area (Å²) in [5.74, 6) is 0.602. The summed E-state index contributed by atoms with van der Waals surface area (Å²) in [5.41, 5.74) is 0.936. The van der Waals surface area contributed by atoms with Crippen LogP contribution in [0.4, 0.5) is 0 Å². The molecule has 0 unspecified atom stereocenters. The Hall–Kier alpha value is -3.14. The van der Waals surface area contributed by atoms with Gasteiger partial charge in [0.25, 0.3) is 5.91 Å². The van der Waals surface area contributed by atoms with Gasteiger partial charge in [-0.15, -0.1) is 0 Å². The molecule has 3 rings (SSSR count). The number of likely N-dealkylation sites (tertiary alicyclic amines) is 1. The van der Waals surface area contributed by atoms with Crippen LogP contribution in [0.3, 0.4) is 0 Å². The van der Waals surface area contributed by atoms with Gasteiger partial charge in [0.1, 0.15) is 11.7 Å². The zero-order valence-corrected chi connectivity index (χ0v) is 13.2. The van der Waals surface area contributed by atoms with Crippen LogP contribution in [0.5, 0.6) is 11.8 Å². The van der Waals surface area contributed by atoms with Crippen LogP contribution < -0.4 is 9.47 Å². The first-order valence-electron chi connectivity index (χ1n) is 7.61. The summed E-state index contributed by atoms with van der Waals surface area (Å²) in [6.07, 6.45) is 2.99. The largest absolute Gasteiger partial charge is 0.477 e. The van der Waals surface area contributed by atoms with Crippen LogP contribution in [0.2, 0.25) is 0 Å². The molecule has 1 fully saturated rings. The summed E-state index contributed by atoms with van der Waals surface area (Å²) < 4.78 is 11.1. The highest BCUT2D eigenvalue weighted by Crippen LogP contribution is 2.22. The Morgan fingerprint density at radius 3 is 2.96 bits per heavy atom. The minimum Gasteiger partial charge on any atom is -0.477 e. The number of ether oxygens (including phenoxy) is 2. The fourth-order valence-corrected chi connectivity index (χ4v) is 2.37. The van der Waals surface area contributed by atoms with Gasteiger partial charge in [0.05, 0.1) is 31.3 Å². The molecule has 7 nitrogen and oxygen atoms in total. The van der Waals surface area contributed by atoms with E-state index in [1.165, 1.54) is 6.20 Å². The van der Waals surface area contributed by atoms with E-state index < -0.39 is 0 Å². The number of nitrogens with zero attached hydrogens (tertiary/aromatic N) is 4. The van der Waals surface area contributed by atoms with Crippen molar-refractivity contribution in [1.29, 1.82) is 5.26 Å². The second kappa shape index (κ2) is 6.96. The van der Waals surface area contributed by atoms with Gasteiger partial charge in [0.15, 0.2) is 0 Å². The van der Waals surface area contributed by atoms with Gasteiger partial charge in [-0.3, -0.25) is 4.79 Å². The van der Waals surface area contributed by atoms with Crippen LogP contribution in [0.25, 0.3) is 0 Å². The predicted octanol–water partition coefficient (Wildman–Crippen LogP) is 1.65. The van der Waals surface area contributed by atoms with Gasteiger partial charge < -0.3 is 14.4 Å². The van der Waals surface area contributed by atoms with Crippen LogP contribution in [0.1, 0.15) is 22.8 Å². The third kappa shape index (κ3) is 3.27. The Bertz CT molecular complexity index is 781. The van der Waals surface area contributed by atoms with Crippen molar-refractivity contribution in [1.82, 2.24) is 14.9 Å². The number of carbonyl (C=O) groups is 1. The first-order valence-corrected chi connectivity index (χ1v) is 7.61. The number of aromatic nitrogens is 2. The number of amides is 1. The molecule has 7 heteroatoms. The maximum Gasteiger partial charge on any atom is 0.259 e. The lowest BCUT2D eigenvalue weighted by Crippen LogP contribution is -2.56. The highest BCUT2D eigenvalue weighted by molar-refractivity contribution is 5.96. The highest BCUT2D eigenvalue weighted by atomic mass is 16.5. The van der Waals surface area contributed by atoms with Gasteiger partial charge in [0, 0.05) is 18.5 Å². The van der Waals surface area contributed by atoms with Crippen molar-refractivity contribution in [3.63, 3.8) is 0 Å². The van der Waals surface area contributed by atoms with Gasteiger partial charge >= 0.3 is 0 Å². The normalized spacial score (nSPS) is 13.8. The molecule has 0 atom stereocenters. The van der Waals surface area contributed by atoms with E-state index in [-0.39, 0.29) is 12.0 Å². The van der Waals surface area contributed by atoms with Crippen LogP contribution >= 0.6 is 0 Å². The van der Waals surface area contributed by atoms with Crippen molar-refractivity contribution < 1.29 is 14.3 Å². The van der Waals surface area contributed by atoms with Crippen LogP contribution in [-0.4, -0.2) is 46.6 Å². The summed E-state index contributed by atoms with van der Waals surface area (Å²) in [5, 5.41) is 8.87. The van der Waals surface area contributed by atoms with E-state index in [1.807, 2.05) is 13.0 Å². The molecule has 1 amide bonds. The van der Waals surface area contributed by atoms with E-state index in [0.29, 0.717) is 42.6 Å². The Morgan fingerprint density at radius 2 is 2.21 bits per heavy atom. The molecule has 0 aliphatic carbocycles. The molecule has 0 bridgehead atoms. The van der Waals surface area contributed by atoms with Crippen LogP contribution in [0.15, 0.2) is 36.7 Å². The number of hydrogen-bond donors (Lipinski definition) is 0. The maximum absolute atomic E-state index is 12.5. The van der Waals surface area contributed by atoms with Gasteiger partial charge in [0.2, 0.25) is 11.8 Å². The molecular weight excluding hydrogens is 308 g/mol. The number of pyridine rings is 2. The summed E-state index contributed by atoms with van der Waals surface area (Å²) in [6, 6.07) is 8.64. The van der Waals surface area contributed by atoms with Crippen molar-refractivity contribution in [2.45, 2.75) is 13.0 Å². The standard InChI is InChI=1S/C17H16N4O3/c1-2-23-16-14(4-3-6-20-16)17(22)21-10-13(11-21)24-15-8-12(9-18)5-7-19-15/h3-8,13H,2,10-11H2,1H3. The molecule has 24 heavy (non-hydrogen) atoms. The van der Waals surface area contributed by atoms with Gasteiger partial charge in [-0.05, 0) is 25.1 Å². The average molecular weight is 324 g/mol. The van der Waals surface area contributed by atoms with Crippen molar-refractivity contribution in [3.8, 4) is 17.8 Å². The van der Waals surface area contributed by atoms with Crippen molar-refractivity contribution in [2.24, 2.45) is 0 Å². The third-order valence-corrected chi connectivity index (χ3v) is 3.57. The topological polar surface area (TPSA) is 88.3 Å². The molecule has 1 aliphatic heterocycles. The molecular formula is C17H16N4O3. The maximum atomic E-state index is 12.5. The van der Waals surface area contributed by atoms with E-state index >= 15 is 0 Å². The first-order chi connectivity index (χ1) is 11.7. The lowest BCUT2D eigenvalue weighted by molar-refractivity contribution is 0.0157. The smallest absolute Gasteiger partial charge is 0.259 e. The molecule has 0 radical (unpaired) electrons. The summed E-state index contributed by atoms with van der Waals surface area (Å²) in [7, 11) is 0. The second-order valence-corrected chi connectivity index (χ2v) is 5.23. The molecule has 0 saturated carbocycles. The first kappa shape index (κ1) is 15.7. The number of rotatable bonds is 5. The molecule has 0 N–H and O–H groups in total. The molecule has 3 heterocycles.